The van der Waals surface area contributed by atoms with E-state index in [0.29, 0.717) is 29.9 Å². The van der Waals surface area contributed by atoms with Gasteiger partial charge in [-0.15, -0.1) is 0 Å². The number of anilines is 3. The predicted molar refractivity (Wildman–Crippen MR) is 98.2 cm³/mol. The van der Waals surface area contributed by atoms with Gasteiger partial charge < -0.3 is 16.0 Å². The fraction of sp³-hybridized carbons (Fsp3) is 0.421. The van der Waals surface area contributed by atoms with Crippen molar-refractivity contribution in [2.75, 3.05) is 10.6 Å². The summed E-state index contributed by atoms with van der Waals surface area (Å²) >= 11 is 0. The molecule has 130 valence electrons. The number of aromatic nitrogens is 2. The molecule has 0 bridgehead atoms. The topological polar surface area (TPSA) is 78.9 Å². The Kier molecular flexibility index (Phi) is 4.26. The van der Waals surface area contributed by atoms with E-state index in [-0.39, 0.29) is 5.91 Å². The molecule has 6 nitrogen and oxygen atoms in total. The van der Waals surface area contributed by atoms with Gasteiger partial charge in [0.25, 0.3) is 5.91 Å². The third-order valence-electron chi connectivity index (χ3n) is 4.96. The molecule has 2 aliphatic rings. The summed E-state index contributed by atoms with van der Waals surface area (Å²) in [6.45, 7) is 2.49. The number of carbonyl (C=O) groups excluding carboxylic acids is 1. The molecule has 6 heteroatoms. The van der Waals surface area contributed by atoms with Gasteiger partial charge >= 0.3 is 0 Å². The molecule has 3 N–H and O–H groups in total. The number of benzene rings is 1. The maximum Gasteiger partial charge on any atom is 0.257 e. The Morgan fingerprint density at radius 3 is 2.72 bits per heavy atom. The van der Waals surface area contributed by atoms with E-state index >= 15 is 0 Å². The minimum Gasteiger partial charge on any atom is -0.351 e. The van der Waals surface area contributed by atoms with Crippen LogP contribution in [0.1, 0.15) is 53.7 Å². The standard InChI is InChI=1S/C19H23N5O/c1-12-7-5-6-10-14(12)22-17-16-15(11-20-18(16)25)23-19(24-17)21-13-8-3-2-4-9-13/h5-7,10,13H,2-4,8-9,11H2,1H3,(H,20,25)(H2,21,22,23,24). The van der Waals surface area contributed by atoms with Crippen LogP contribution >= 0.6 is 0 Å². The van der Waals surface area contributed by atoms with Gasteiger partial charge in [-0.3, -0.25) is 4.79 Å². The van der Waals surface area contributed by atoms with Crippen molar-refractivity contribution in [1.82, 2.24) is 15.3 Å². The van der Waals surface area contributed by atoms with Crippen molar-refractivity contribution in [3.8, 4) is 0 Å². The molecule has 0 spiro atoms. The molecule has 25 heavy (non-hydrogen) atoms. The summed E-state index contributed by atoms with van der Waals surface area (Å²) in [6.07, 6.45) is 6.10. The number of rotatable bonds is 4. The number of nitrogens with zero attached hydrogens (tertiary/aromatic N) is 2. The van der Waals surface area contributed by atoms with Gasteiger partial charge in [-0.25, -0.2) is 4.98 Å². The van der Waals surface area contributed by atoms with Crippen LogP contribution in [0.15, 0.2) is 24.3 Å². The summed E-state index contributed by atoms with van der Waals surface area (Å²) in [5.41, 5.74) is 3.37. The smallest absolute Gasteiger partial charge is 0.257 e. The number of hydrogen-bond donors (Lipinski definition) is 3. The van der Waals surface area contributed by atoms with E-state index in [1.165, 1.54) is 19.3 Å². The average molecular weight is 337 g/mol. The number of hydrogen-bond acceptors (Lipinski definition) is 5. The first kappa shape index (κ1) is 15.9. The van der Waals surface area contributed by atoms with Crippen LogP contribution in [0, 0.1) is 6.92 Å². The molecule has 2 heterocycles. The quantitative estimate of drug-likeness (QED) is 0.795. The zero-order valence-corrected chi connectivity index (χ0v) is 14.4. The molecule has 4 rings (SSSR count). The molecule has 1 saturated carbocycles. The zero-order valence-electron chi connectivity index (χ0n) is 14.4. The Morgan fingerprint density at radius 1 is 1.12 bits per heavy atom. The second-order valence-electron chi connectivity index (χ2n) is 6.82. The first-order valence-electron chi connectivity index (χ1n) is 8.99. The summed E-state index contributed by atoms with van der Waals surface area (Å²) in [5, 5.41) is 9.64. The maximum absolute atomic E-state index is 12.2. The summed E-state index contributed by atoms with van der Waals surface area (Å²) in [4.78, 5) is 21.4. The molecule has 0 radical (unpaired) electrons. The SMILES string of the molecule is Cc1ccccc1Nc1nc(NC2CCCCC2)nc2c1C(=O)NC2. The van der Waals surface area contributed by atoms with Gasteiger partial charge in [0.05, 0.1) is 12.2 Å². The van der Waals surface area contributed by atoms with Crippen LogP contribution in [-0.2, 0) is 6.54 Å². The van der Waals surface area contributed by atoms with Crippen LogP contribution < -0.4 is 16.0 Å². The van der Waals surface area contributed by atoms with Crippen molar-refractivity contribution < 1.29 is 4.79 Å². The summed E-state index contributed by atoms with van der Waals surface area (Å²) < 4.78 is 0. The van der Waals surface area contributed by atoms with Crippen molar-refractivity contribution in [3.63, 3.8) is 0 Å². The molecule has 1 aliphatic heterocycles. The van der Waals surface area contributed by atoms with Gasteiger partial charge in [-0.05, 0) is 31.4 Å². The Balaban J connectivity index is 1.66. The summed E-state index contributed by atoms with van der Waals surface area (Å²) in [5.74, 6) is 1.07. The molecule has 0 atom stereocenters. The maximum atomic E-state index is 12.2. The largest absolute Gasteiger partial charge is 0.351 e. The zero-order chi connectivity index (χ0) is 17.2. The van der Waals surface area contributed by atoms with Crippen LogP contribution in [0.5, 0.6) is 0 Å². The van der Waals surface area contributed by atoms with Crippen molar-refractivity contribution >= 4 is 23.4 Å². The number of nitrogens with one attached hydrogen (secondary N) is 3. The number of para-hydroxylation sites is 1. The number of aryl methyl sites for hydroxylation is 1. The van der Waals surface area contributed by atoms with Crippen molar-refractivity contribution in [2.45, 2.75) is 51.6 Å². The number of fused-ring (bicyclic) bond motifs is 1. The lowest BCUT2D eigenvalue weighted by Gasteiger charge is -2.23. The van der Waals surface area contributed by atoms with Crippen molar-refractivity contribution in [2.24, 2.45) is 0 Å². The Bertz CT molecular complexity index is 798. The molecule has 1 amide bonds. The third-order valence-corrected chi connectivity index (χ3v) is 4.96. The molecular formula is C19H23N5O. The molecule has 2 aromatic rings. The van der Waals surface area contributed by atoms with Gasteiger partial charge in [0.2, 0.25) is 5.95 Å². The number of amides is 1. The van der Waals surface area contributed by atoms with Gasteiger partial charge in [-0.2, -0.15) is 4.98 Å². The summed E-state index contributed by atoms with van der Waals surface area (Å²) in [6, 6.07) is 8.41. The van der Waals surface area contributed by atoms with E-state index in [2.05, 4.69) is 25.9 Å². The van der Waals surface area contributed by atoms with Crippen LogP contribution in [0.2, 0.25) is 0 Å². The minimum absolute atomic E-state index is 0.115. The molecule has 1 aromatic heterocycles. The van der Waals surface area contributed by atoms with Crippen LogP contribution in [0.3, 0.4) is 0 Å². The van der Waals surface area contributed by atoms with Crippen molar-refractivity contribution in [3.05, 3.63) is 41.1 Å². The van der Waals surface area contributed by atoms with Crippen LogP contribution in [0.25, 0.3) is 0 Å². The van der Waals surface area contributed by atoms with Gasteiger partial charge in [-0.1, -0.05) is 37.5 Å². The Hall–Kier alpha value is -2.63. The predicted octanol–water partition coefficient (Wildman–Crippen LogP) is 3.52. The molecular weight excluding hydrogens is 314 g/mol. The fourth-order valence-corrected chi connectivity index (χ4v) is 3.55. The van der Waals surface area contributed by atoms with E-state index < -0.39 is 0 Å². The highest BCUT2D eigenvalue weighted by molar-refractivity contribution is 6.03. The second kappa shape index (κ2) is 6.70. The third kappa shape index (κ3) is 3.29. The van der Waals surface area contributed by atoms with E-state index in [1.54, 1.807) is 0 Å². The van der Waals surface area contributed by atoms with E-state index in [1.807, 2.05) is 31.2 Å². The minimum atomic E-state index is -0.115. The molecule has 1 fully saturated rings. The van der Waals surface area contributed by atoms with E-state index in [9.17, 15) is 4.79 Å². The molecule has 0 unspecified atom stereocenters. The summed E-state index contributed by atoms with van der Waals surface area (Å²) in [7, 11) is 0. The number of carbonyl (C=O) groups is 1. The monoisotopic (exact) mass is 337 g/mol. The lowest BCUT2D eigenvalue weighted by molar-refractivity contribution is 0.0966. The first-order chi connectivity index (χ1) is 12.2. The molecule has 0 saturated heterocycles. The first-order valence-corrected chi connectivity index (χ1v) is 8.99. The van der Waals surface area contributed by atoms with Crippen molar-refractivity contribution in [1.29, 1.82) is 0 Å². The normalized spacial score (nSPS) is 17.1. The van der Waals surface area contributed by atoms with Gasteiger partial charge in [0.1, 0.15) is 11.4 Å². The highest BCUT2D eigenvalue weighted by Gasteiger charge is 2.27. The second-order valence-corrected chi connectivity index (χ2v) is 6.82. The van der Waals surface area contributed by atoms with Gasteiger partial charge in [0.15, 0.2) is 0 Å². The van der Waals surface area contributed by atoms with Crippen LogP contribution in [-0.4, -0.2) is 21.9 Å². The lowest BCUT2D eigenvalue weighted by atomic mass is 9.96. The van der Waals surface area contributed by atoms with Crippen LogP contribution in [0.4, 0.5) is 17.5 Å². The molecule has 1 aliphatic carbocycles. The molecule has 1 aromatic carbocycles. The lowest BCUT2D eigenvalue weighted by Crippen LogP contribution is -2.24. The van der Waals surface area contributed by atoms with Gasteiger partial charge in [0, 0.05) is 11.7 Å². The fourth-order valence-electron chi connectivity index (χ4n) is 3.55. The Labute approximate surface area is 147 Å². The average Bonchev–Trinajstić information content (AvgIpc) is 2.99. The Morgan fingerprint density at radius 2 is 1.92 bits per heavy atom. The highest BCUT2D eigenvalue weighted by Crippen LogP contribution is 2.28. The van der Waals surface area contributed by atoms with E-state index in [4.69, 9.17) is 0 Å². The highest BCUT2D eigenvalue weighted by atomic mass is 16.2. The van der Waals surface area contributed by atoms with E-state index in [0.717, 1.165) is 29.8 Å².